The maximum Gasteiger partial charge on any atom is 0.431 e. The van der Waals surface area contributed by atoms with Gasteiger partial charge in [-0.25, -0.2) is 9.78 Å². The molecule has 1 aliphatic rings. The molecule has 1 aliphatic heterocycles. The number of aromatic amines is 1. The van der Waals surface area contributed by atoms with Crippen LogP contribution < -0.4 is 14.8 Å². The number of nitrogens with one attached hydrogen (secondary N) is 2. The zero-order valence-electron chi connectivity index (χ0n) is 17.5. The molecule has 2 heterocycles. The Balaban J connectivity index is 1.47. The minimum atomic E-state index is -0.537. The van der Waals surface area contributed by atoms with Crippen molar-refractivity contribution in [1.29, 1.82) is 0 Å². The summed E-state index contributed by atoms with van der Waals surface area (Å²) in [5, 5.41) is 8.47. The number of ether oxygens (including phenoxy) is 3. The zero-order valence-corrected chi connectivity index (χ0v) is 17.5. The quantitative estimate of drug-likeness (QED) is 0.589. The van der Waals surface area contributed by atoms with Gasteiger partial charge in [-0.05, 0) is 35.9 Å². The standard InChI is InChI=1S/C22H21N5O5/c1-30-19-8-5-15(9-20(19)31-2)18-12-32-22(29)27(26-18)11-14-3-6-16(7-4-14)25-21(28)17-10-23-13-24-17/h3-10,13H,11-12H2,1-2H3,(H,23,24)(H,25,28). The molecule has 3 aromatic rings. The Bertz CT molecular complexity index is 1140. The summed E-state index contributed by atoms with van der Waals surface area (Å²) >= 11 is 0. The minimum Gasteiger partial charge on any atom is -0.493 e. The Morgan fingerprint density at radius 3 is 2.62 bits per heavy atom. The fraction of sp³-hybridized carbons (Fsp3) is 0.182. The lowest BCUT2D eigenvalue weighted by molar-refractivity contribution is 0.102. The lowest BCUT2D eigenvalue weighted by Gasteiger charge is -2.24. The Hall–Kier alpha value is -4.34. The Kier molecular flexibility index (Phi) is 6.02. The minimum absolute atomic E-state index is 0.0585. The summed E-state index contributed by atoms with van der Waals surface area (Å²) in [6.45, 7) is 0.270. The van der Waals surface area contributed by atoms with E-state index in [-0.39, 0.29) is 19.1 Å². The Labute approximate surface area is 183 Å². The highest BCUT2D eigenvalue weighted by molar-refractivity contribution is 6.04. The fourth-order valence-corrected chi connectivity index (χ4v) is 3.12. The van der Waals surface area contributed by atoms with E-state index >= 15 is 0 Å². The molecule has 2 aromatic carbocycles. The number of rotatable bonds is 7. The van der Waals surface area contributed by atoms with Crippen LogP contribution in [0.15, 0.2) is 60.1 Å². The maximum atomic E-state index is 12.2. The molecule has 0 radical (unpaired) electrons. The second kappa shape index (κ2) is 9.21. The highest BCUT2D eigenvalue weighted by Crippen LogP contribution is 2.28. The molecular weight excluding hydrogens is 414 g/mol. The molecule has 2 amide bonds. The van der Waals surface area contributed by atoms with Crippen molar-refractivity contribution >= 4 is 23.4 Å². The van der Waals surface area contributed by atoms with Gasteiger partial charge in [0.25, 0.3) is 5.91 Å². The number of nitrogens with zero attached hydrogens (tertiary/aromatic N) is 3. The molecule has 0 atom stereocenters. The zero-order chi connectivity index (χ0) is 22.5. The van der Waals surface area contributed by atoms with Crippen molar-refractivity contribution in [3.05, 3.63) is 71.8 Å². The summed E-state index contributed by atoms with van der Waals surface area (Å²) in [5.74, 6) is 0.840. The Morgan fingerprint density at radius 1 is 1.16 bits per heavy atom. The first-order valence-electron chi connectivity index (χ1n) is 9.70. The molecule has 0 aliphatic carbocycles. The van der Waals surface area contributed by atoms with E-state index in [9.17, 15) is 9.59 Å². The first kappa shape index (κ1) is 20.9. The van der Waals surface area contributed by atoms with Crippen LogP contribution in [0.25, 0.3) is 0 Å². The SMILES string of the molecule is COc1ccc(C2=NN(Cc3ccc(NC(=O)c4c[nH]cn4)cc3)C(=O)OC2)cc1OC. The molecule has 0 saturated heterocycles. The van der Waals surface area contributed by atoms with Crippen molar-refractivity contribution in [3.63, 3.8) is 0 Å². The highest BCUT2D eigenvalue weighted by Gasteiger charge is 2.23. The van der Waals surface area contributed by atoms with Crippen LogP contribution in [-0.4, -0.2) is 53.5 Å². The van der Waals surface area contributed by atoms with Crippen molar-refractivity contribution < 1.29 is 23.8 Å². The van der Waals surface area contributed by atoms with Crippen molar-refractivity contribution in [2.75, 3.05) is 26.1 Å². The lowest BCUT2D eigenvalue weighted by Crippen LogP contribution is -2.35. The summed E-state index contributed by atoms with van der Waals surface area (Å²) in [4.78, 5) is 31.0. The van der Waals surface area contributed by atoms with E-state index in [2.05, 4.69) is 20.4 Å². The van der Waals surface area contributed by atoms with E-state index in [0.717, 1.165) is 11.1 Å². The van der Waals surface area contributed by atoms with Crippen LogP contribution in [0.1, 0.15) is 21.6 Å². The van der Waals surface area contributed by atoms with Gasteiger partial charge in [0.1, 0.15) is 18.0 Å². The van der Waals surface area contributed by atoms with Crippen molar-refractivity contribution in [1.82, 2.24) is 15.0 Å². The highest BCUT2D eigenvalue weighted by atomic mass is 16.6. The molecule has 4 rings (SSSR count). The largest absolute Gasteiger partial charge is 0.493 e. The smallest absolute Gasteiger partial charge is 0.431 e. The molecule has 0 bridgehead atoms. The van der Waals surface area contributed by atoms with Crippen LogP contribution >= 0.6 is 0 Å². The predicted octanol–water partition coefficient (Wildman–Crippen LogP) is 3.04. The topological polar surface area (TPSA) is 118 Å². The molecule has 1 aromatic heterocycles. The molecule has 0 saturated carbocycles. The van der Waals surface area contributed by atoms with E-state index in [1.165, 1.54) is 17.5 Å². The molecule has 10 nitrogen and oxygen atoms in total. The summed E-state index contributed by atoms with van der Waals surface area (Å²) in [5.41, 5.74) is 3.07. The van der Waals surface area contributed by atoms with Gasteiger partial charge in [-0.15, -0.1) is 0 Å². The average molecular weight is 435 g/mol. The number of hydrogen-bond donors (Lipinski definition) is 2. The molecule has 0 fully saturated rings. The number of imidazole rings is 1. The van der Waals surface area contributed by atoms with Gasteiger partial charge in [-0.2, -0.15) is 10.1 Å². The molecular formula is C22H21N5O5. The van der Waals surface area contributed by atoms with Crippen molar-refractivity contribution in [2.24, 2.45) is 5.10 Å². The number of benzene rings is 2. The summed E-state index contributed by atoms with van der Waals surface area (Å²) < 4.78 is 15.9. The number of methoxy groups -OCH3 is 2. The van der Waals surface area contributed by atoms with Crippen molar-refractivity contribution in [2.45, 2.75) is 6.54 Å². The molecule has 0 spiro atoms. The van der Waals surface area contributed by atoms with Gasteiger partial charge in [0.15, 0.2) is 11.5 Å². The van der Waals surface area contributed by atoms with E-state index in [0.29, 0.717) is 28.6 Å². The van der Waals surface area contributed by atoms with Crippen LogP contribution in [-0.2, 0) is 11.3 Å². The van der Waals surface area contributed by atoms with Gasteiger partial charge >= 0.3 is 6.09 Å². The third-order valence-electron chi connectivity index (χ3n) is 4.78. The second-order valence-electron chi connectivity index (χ2n) is 6.83. The van der Waals surface area contributed by atoms with Gasteiger partial charge in [0.05, 0.1) is 27.1 Å². The van der Waals surface area contributed by atoms with Gasteiger partial charge in [0, 0.05) is 17.4 Å². The van der Waals surface area contributed by atoms with Gasteiger partial charge in [-0.1, -0.05) is 12.1 Å². The first-order chi connectivity index (χ1) is 15.6. The normalized spacial score (nSPS) is 13.2. The first-order valence-corrected chi connectivity index (χ1v) is 9.70. The predicted molar refractivity (Wildman–Crippen MR) is 116 cm³/mol. The average Bonchev–Trinajstić information content (AvgIpc) is 3.36. The molecule has 2 N–H and O–H groups in total. The second-order valence-corrected chi connectivity index (χ2v) is 6.83. The number of aromatic nitrogens is 2. The van der Waals surface area contributed by atoms with E-state index in [4.69, 9.17) is 14.2 Å². The third-order valence-corrected chi connectivity index (χ3v) is 4.78. The summed E-state index contributed by atoms with van der Waals surface area (Å²) in [6.07, 6.45) is 2.41. The lowest BCUT2D eigenvalue weighted by atomic mass is 10.1. The third kappa shape index (κ3) is 4.53. The van der Waals surface area contributed by atoms with Crippen LogP contribution in [0.3, 0.4) is 0 Å². The number of H-pyrrole nitrogens is 1. The number of carbonyl (C=O) groups is 2. The van der Waals surface area contributed by atoms with E-state index in [1.54, 1.807) is 50.6 Å². The van der Waals surface area contributed by atoms with Crippen LogP contribution in [0.5, 0.6) is 11.5 Å². The number of anilines is 1. The van der Waals surface area contributed by atoms with Crippen LogP contribution in [0, 0.1) is 0 Å². The summed E-state index contributed by atoms with van der Waals surface area (Å²) in [6, 6.07) is 12.5. The van der Waals surface area contributed by atoms with Crippen molar-refractivity contribution in [3.8, 4) is 11.5 Å². The van der Waals surface area contributed by atoms with Gasteiger partial charge in [0.2, 0.25) is 0 Å². The monoisotopic (exact) mass is 435 g/mol. The number of carbonyl (C=O) groups excluding carboxylic acids is 2. The molecule has 0 unspecified atom stereocenters. The van der Waals surface area contributed by atoms with Gasteiger partial charge in [-0.3, -0.25) is 4.79 Å². The molecule has 164 valence electrons. The summed E-state index contributed by atoms with van der Waals surface area (Å²) in [7, 11) is 3.12. The Morgan fingerprint density at radius 2 is 1.94 bits per heavy atom. The number of amides is 2. The van der Waals surface area contributed by atoms with Gasteiger partial charge < -0.3 is 24.5 Å². The fourth-order valence-electron chi connectivity index (χ4n) is 3.12. The van der Waals surface area contributed by atoms with Crippen LogP contribution in [0.4, 0.5) is 10.5 Å². The molecule has 10 heteroatoms. The number of cyclic esters (lactones) is 1. The van der Waals surface area contributed by atoms with Crippen LogP contribution in [0.2, 0.25) is 0 Å². The van der Waals surface area contributed by atoms with E-state index in [1.807, 2.05) is 6.07 Å². The molecule has 32 heavy (non-hydrogen) atoms. The number of hydrazone groups is 1. The van der Waals surface area contributed by atoms with E-state index < -0.39 is 6.09 Å². The maximum absolute atomic E-state index is 12.2. The number of hydrogen-bond acceptors (Lipinski definition) is 7.